The van der Waals surface area contributed by atoms with Crippen molar-refractivity contribution in [2.75, 3.05) is 18.0 Å². The molecule has 0 bridgehead atoms. The smallest absolute Gasteiger partial charge is 0.133 e. The highest BCUT2D eigenvalue weighted by Gasteiger charge is 2.09. The standard InChI is InChI=1S/C14H23N3/c1-5-10-17(6-2)14-13(8-7-9-15-14)11-16-12(3)4/h5,7-9,12,16H,1,6,10-11H2,2-4H3. The minimum atomic E-state index is 0.484. The van der Waals surface area contributed by atoms with Gasteiger partial charge in [-0.2, -0.15) is 0 Å². The van der Waals surface area contributed by atoms with Crippen molar-refractivity contribution < 1.29 is 0 Å². The average molecular weight is 233 g/mol. The molecule has 0 radical (unpaired) electrons. The van der Waals surface area contributed by atoms with Gasteiger partial charge < -0.3 is 10.2 Å². The van der Waals surface area contributed by atoms with Gasteiger partial charge in [-0.1, -0.05) is 26.0 Å². The zero-order valence-electron chi connectivity index (χ0n) is 11.1. The Kier molecular flexibility index (Phi) is 5.70. The number of rotatable bonds is 7. The van der Waals surface area contributed by atoms with Crippen LogP contribution in [0.1, 0.15) is 26.3 Å². The van der Waals surface area contributed by atoms with E-state index in [1.54, 1.807) is 0 Å². The molecule has 0 unspecified atom stereocenters. The van der Waals surface area contributed by atoms with Gasteiger partial charge in [0.2, 0.25) is 0 Å². The summed E-state index contributed by atoms with van der Waals surface area (Å²) in [6, 6.07) is 4.60. The number of likely N-dealkylation sites (N-methyl/N-ethyl adjacent to an activating group) is 1. The summed E-state index contributed by atoms with van der Waals surface area (Å²) in [5, 5.41) is 3.43. The molecule has 1 rings (SSSR count). The Morgan fingerprint density at radius 3 is 2.88 bits per heavy atom. The molecule has 3 heteroatoms. The molecule has 0 atom stereocenters. The molecule has 0 fully saturated rings. The third-order valence-corrected chi connectivity index (χ3v) is 2.60. The molecule has 94 valence electrons. The Hall–Kier alpha value is -1.35. The van der Waals surface area contributed by atoms with Gasteiger partial charge in [-0.15, -0.1) is 6.58 Å². The second-order valence-corrected chi connectivity index (χ2v) is 4.35. The molecular formula is C14H23N3. The van der Waals surface area contributed by atoms with E-state index >= 15 is 0 Å². The van der Waals surface area contributed by atoms with Gasteiger partial charge in [0.25, 0.3) is 0 Å². The largest absolute Gasteiger partial charge is 0.353 e. The van der Waals surface area contributed by atoms with Crippen molar-refractivity contribution in [1.82, 2.24) is 10.3 Å². The fraction of sp³-hybridized carbons (Fsp3) is 0.500. The van der Waals surface area contributed by atoms with Gasteiger partial charge in [0.05, 0.1) is 0 Å². The van der Waals surface area contributed by atoms with Crippen molar-refractivity contribution in [3.8, 4) is 0 Å². The van der Waals surface area contributed by atoms with Crippen molar-refractivity contribution in [2.24, 2.45) is 0 Å². The van der Waals surface area contributed by atoms with E-state index in [-0.39, 0.29) is 0 Å². The highest BCUT2D eigenvalue weighted by Crippen LogP contribution is 2.16. The molecule has 0 aliphatic heterocycles. The molecule has 1 aromatic rings. The Labute approximate surface area is 105 Å². The summed E-state index contributed by atoms with van der Waals surface area (Å²) < 4.78 is 0. The lowest BCUT2D eigenvalue weighted by Gasteiger charge is -2.23. The Bertz CT molecular complexity index is 347. The van der Waals surface area contributed by atoms with Gasteiger partial charge in [-0.05, 0) is 13.0 Å². The molecule has 0 spiro atoms. The van der Waals surface area contributed by atoms with Gasteiger partial charge in [-0.3, -0.25) is 0 Å². The number of aromatic nitrogens is 1. The van der Waals surface area contributed by atoms with Gasteiger partial charge in [-0.25, -0.2) is 4.98 Å². The van der Waals surface area contributed by atoms with Crippen LogP contribution in [-0.2, 0) is 6.54 Å². The molecule has 0 aromatic carbocycles. The summed E-state index contributed by atoms with van der Waals surface area (Å²) in [5.41, 5.74) is 1.24. The molecule has 1 heterocycles. The molecule has 17 heavy (non-hydrogen) atoms. The van der Waals surface area contributed by atoms with Crippen LogP contribution < -0.4 is 10.2 Å². The molecule has 0 saturated carbocycles. The van der Waals surface area contributed by atoms with Crippen molar-refractivity contribution >= 4 is 5.82 Å². The maximum atomic E-state index is 4.48. The third-order valence-electron chi connectivity index (χ3n) is 2.60. The van der Waals surface area contributed by atoms with Crippen molar-refractivity contribution in [1.29, 1.82) is 0 Å². The van der Waals surface area contributed by atoms with Crippen LogP contribution in [0.3, 0.4) is 0 Å². The molecule has 1 aromatic heterocycles. The van der Waals surface area contributed by atoms with Crippen LogP contribution >= 0.6 is 0 Å². The summed E-state index contributed by atoms with van der Waals surface area (Å²) in [6.45, 7) is 12.9. The Balaban J connectivity index is 2.85. The number of hydrogen-bond acceptors (Lipinski definition) is 3. The predicted molar refractivity (Wildman–Crippen MR) is 74.3 cm³/mol. The number of nitrogens with zero attached hydrogens (tertiary/aromatic N) is 2. The third kappa shape index (κ3) is 4.19. The van der Waals surface area contributed by atoms with E-state index in [1.807, 2.05) is 18.3 Å². The van der Waals surface area contributed by atoms with Gasteiger partial charge in [0.1, 0.15) is 5.82 Å². The molecule has 0 aliphatic rings. The minimum absolute atomic E-state index is 0.484. The monoisotopic (exact) mass is 233 g/mol. The fourth-order valence-corrected chi connectivity index (χ4v) is 1.69. The first-order valence-corrected chi connectivity index (χ1v) is 6.22. The van der Waals surface area contributed by atoms with Crippen LogP contribution in [0.2, 0.25) is 0 Å². The Morgan fingerprint density at radius 2 is 2.29 bits per heavy atom. The molecule has 1 N–H and O–H groups in total. The van der Waals surface area contributed by atoms with Crippen LogP contribution in [0.5, 0.6) is 0 Å². The lowest BCUT2D eigenvalue weighted by molar-refractivity contribution is 0.587. The lowest BCUT2D eigenvalue weighted by Crippen LogP contribution is -2.28. The van der Waals surface area contributed by atoms with E-state index in [0.29, 0.717) is 6.04 Å². The Morgan fingerprint density at radius 1 is 1.53 bits per heavy atom. The normalized spacial score (nSPS) is 10.6. The molecule has 0 amide bonds. The van der Waals surface area contributed by atoms with Crippen LogP contribution in [0, 0.1) is 0 Å². The second-order valence-electron chi connectivity index (χ2n) is 4.35. The highest BCUT2D eigenvalue weighted by molar-refractivity contribution is 5.47. The summed E-state index contributed by atoms with van der Waals surface area (Å²) >= 11 is 0. The second kappa shape index (κ2) is 7.07. The zero-order valence-corrected chi connectivity index (χ0v) is 11.1. The first-order valence-electron chi connectivity index (χ1n) is 6.22. The SMILES string of the molecule is C=CCN(CC)c1ncccc1CNC(C)C. The van der Waals surface area contributed by atoms with Gasteiger partial charge in [0.15, 0.2) is 0 Å². The number of anilines is 1. The molecule has 3 nitrogen and oxygen atoms in total. The first kappa shape index (κ1) is 13.7. The number of hydrogen-bond donors (Lipinski definition) is 1. The van der Waals surface area contributed by atoms with Crippen LogP contribution in [0.15, 0.2) is 31.0 Å². The van der Waals surface area contributed by atoms with Gasteiger partial charge >= 0.3 is 0 Å². The maximum absolute atomic E-state index is 4.48. The minimum Gasteiger partial charge on any atom is -0.353 e. The lowest BCUT2D eigenvalue weighted by atomic mass is 10.2. The van der Waals surface area contributed by atoms with Crippen LogP contribution in [0.4, 0.5) is 5.82 Å². The van der Waals surface area contributed by atoms with Crippen molar-refractivity contribution in [3.05, 3.63) is 36.5 Å². The topological polar surface area (TPSA) is 28.2 Å². The van der Waals surface area contributed by atoms with Crippen molar-refractivity contribution in [3.63, 3.8) is 0 Å². The highest BCUT2D eigenvalue weighted by atomic mass is 15.2. The zero-order chi connectivity index (χ0) is 12.7. The first-order chi connectivity index (χ1) is 8.19. The van der Waals surface area contributed by atoms with E-state index < -0.39 is 0 Å². The van der Waals surface area contributed by atoms with E-state index in [9.17, 15) is 0 Å². The summed E-state index contributed by atoms with van der Waals surface area (Å²) in [7, 11) is 0. The van der Waals surface area contributed by atoms with E-state index in [1.165, 1.54) is 5.56 Å². The quantitative estimate of drug-likeness (QED) is 0.734. The summed E-state index contributed by atoms with van der Waals surface area (Å²) in [6.07, 6.45) is 3.76. The van der Waals surface area contributed by atoms with Gasteiger partial charge in [0, 0.05) is 37.4 Å². The fourth-order valence-electron chi connectivity index (χ4n) is 1.69. The number of nitrogens with one attached hydrogen (secondary N) is 1. The summed E-state index contributed by atoms with van der Waals surface area (Å²) in [5.74, 6) is 1.06. The van der Waals surface area contributed by atoms with E-state index in [2.05, 4.69) is 48.6 Å². The predicted octanol–water partition coefficient (Wildman–Crippen LogP) is 2.59. The maximum Gasteiger partial charge on any atom is 0.133 e. The molecular weight excluding hydrogens is 210 g/mol. The van der Waals surface area contributed by atoms with Crippen LogP contribution in [0.25, 0.3) is 0 Å². The van der Waals surface area contributed by atoms with E-state index in [0.717, 1.165) is 25.5 Å². The molecule has 0 aliphatic carbocycles. The van der Waals surface area contributed by atoms with Crippen LogP contribution in [-0.4, -0.2) is 24.1 Å². The van der Waals surface area contributed by atoms with E-state index in [4.69, 9.17) is 0 Å². The summed E-state index contributed by atoms with van der Waals surface area (Å²) in [4.78, 5) is 6.71. The average Bonchev–Trinajstić information content (AvgIpc) is 2.34. The van der Waals surface area contributed by atoms with Crippen molar-refractivity contribution in [2.45, 2.75) is 33.4 Å². The number of pyridine rings is 1. The molecule has 0 saturated heterocycles.